The molecule has 53 heavy (non-hydrogen) atoms. The van der Waals surface area contributed by atoms with E-state index in [-0.39, 0.29) is 41.6 Å². The van der Waals surface area contributed by atoms with E-state index < -0.39 is 34.9 Å². The highest BCUT2D eigenvalue weighted by atomic mass is 32.2. The van der Waals surface area contributed by atoms with Crippen LogP contribution in [0.15, 0.2) is 80.8 Å². The molecule has 4 rings (SSSR count). The Balaban J connectivity index is 1.66. The molecule has 2 aromatic rings. The molecule has 2 aromatic carbocycles. The third-order valence-electron chi connectivity index (χ3n) is 9.08. The quantitative estimate of drug-likeness (QED) is 0.0602. The number of carbonyl (C=O) groups excluding carboxylic acids is 1. The fourth-order valence-corrected chi connectivity index (χ4v) is 8.63. The fourth-order valence-electron chi connectivity index (χ4n) is 6.19. The molecular weight excluding hydrogens is 741 g/mol. The van der Waals surface area contributed by atoms with Gasteiger partial charge >= 0.3 is 0 Å². The SMILES string of the molecule is C=CS(=O)(=O)CCNC(=O)CCCCCNS(=O)(=O)c1ccc(-c2c3ccc(=[N+](CC)CC)cc-3oc3cc(N(CC)CC)ccc23)c(S(=O)(=O)[O-])c1. The van der Waals surface area contributed by atoms with E-state index in [2.05, 4.69) is 26.1 Å². The second kappa shape index (κ2) is 17.8. The number of anilines is 1. The van der Waals surface area contributed by atoms with Crippen molar-refractivity contribution in [2.75, 3.05) is 49.9 Å². The number of sulfone groups is 1. The van der Waals surface area contributed by atoms with Crippen molar-refractivity contribution in [3.63, 3.8) is 0 Å². The van der Waals surface area contributed by atoms with Crippen molar-refractivity contribution in [3.8, 4) is 22.5 Å². The van der Waals surface area contributed by atoms with Crippen LogP contribution in [0.3, 0.4) is 0 Å². The smallest absolute Gasteiger partial charge is 0.240 e. The molecule has 0 saturated carbocycles. The molecule has 13 nitrogen and oxygen atoms in total. The lowest BCUT2D eigenvalue weighted by Gasteiger charge is -2.23. The van der Waals surface area contributed by atoms with Gasteiger partial charge in [-0.1, -0.05) is 19.1 Å². The minimum absolute atomic E-state index is 0.00193. The first kappa shape index (κ1) is 41.7. The molecule has 0 spiro atoms. The Kier molecular flexibility index (Phi) is 14.0. The lowest BCUT2D eigenvalue weighted by atomic mass is 9.93. The van der Waals surface area contributed by atoms with E-state index in [0.29, 0.717) is 47.1 Å². The molecule has 16 heteroatoms. The van der Waals surface area contributed by atoms with Crippen molar-refractivity contribution >= 4 is 52.5 Å². The summed E-state index contributed by atoms with van der Waals surface area (Å²) in [5, 5.41) is 4.82. The number of carbonyl (C=O) groups is 1. The third kappa shape index (κ3) is 10.3. The van der Waals surface area contributed by atoms with Gasteiger partial charge < -0.3 is 19.2 Å². The third-order valence-corrected chi connectivity index (χ3v) is 12.7. The number of nitrogens with zero attached hydrogens (tertiary/aromatic N) is 2. The van der Waals surface area contributed by atoms with Gasteiger partial charge in [-0.05, 0) is 70.9 Å². The van der Waals surface area contributed by atoms with Gasteiger partial charge in [-0.15, -0.1) is 0 Å². The number of hydrogen-bond acceptors (Lipinski definition) is 10. The predicted octanol–water partition coefficient (Wildman–Crippen LogP) is 4.28. The number of amides is 1. The molecule has 288 valence electrons. The average molecular weight is 789 g/mol. The molecule has 0 fully saturated rings. The average Bonchev–Trinajstić information content (AvgIpc) is 3.12. The van der Waals surface area contributed by atoms with Gasteiger partial charge in [-0.3, -0.25) is 4.79 Å². The molecule has 1 amide bonds. The first-order chi connectivity index (χ1) is 25.1. The van der Waals surface area contributed by atoms with Gasteiger partial charge in [0.25, 0.3) is 0 Å². The standard InChI is InChI=1S/C37H48N4O9S3/c1-6-40(7-2)27-15-18-30-33(24-27)50-34-25-28(41(8-3)9-4)16-19-31(34)37(30)32-20-17-29(26-35(32)53(47,48)49)52(45,46)39-21-13-11-12-14-36(42)38-22-23-51(43,44)10-5/h10,15-20,24-26,39H,5-9,11-14,21-23H2,1-4H3,(H-,38,42,47,48,49). The maximum absolute atomic E-state index is 13.3. The zero-order valence-corrected chi connectivity index (χ0v) is 33.0. The van der Waals surface area contributed by atoms with Crippen molar-refractivity contribution in [3.05, 3.63) is 71.9 Å². The van der Waals surface area contributed by atoms with E-state index in [0.717, 1.165) is 48.7 Å². The van der Waals surface area contributed by atoms with Crippen molar-refractivity contribution in [2.24, 2.45) is 0 Å². The van der Waals surface area contributed by atoms with E-state index in [1.165, 1.54) is 12.1 Å². The second-order valence-electron chi connectivity index (χ2n) is 12.4. The molecule has 0 radical (unpaired) electrons. The van der Waals surface area contributed by atoms with E-state index in [4.69, 9.17) is 4.42 Å². The van der Waals surface area contributed by atoms with E-state index in [1.54, 1.807) is 0 Å². The van der Waals surface area contributed by atoms with Crippen LogP contribution in [0, 0.1) is 0 Å². The molecule has 1 heterocycles. The van der Waals surface area contributed by atoms with Gasteiger partial charge in [0.05, 0.1) is 21.6 Å². The lowest BCUT2D eigenvalue weighted by Crippen LogP contribution is -2.29. The first-order valence-electron chi connectivity index (χ1n) is 17.6. The first-order valence-corrected chi connectivity index (χ1v) is 22.2. The molecule has 2 N–H and O–H groups in total. The maximum Gasteiger partial charge on any atom is 0.240 e. The molecule has 0 saturated heterocycles. The summed E-state index contributed by atoms with van der Waals surface area (Å²) in [4.78, 5) is 13.1. The van der Waals surface area contributed by atoms with Crippen LogP contribution in [0.2, 0.25) is 0 Å². The summed E-state index contributed by atoms with van der Waals surface area (Å²) in [5.74, 6) is -0.0958. The summed E-state index contributed by atoms with van der Waals surface area (Å²) in [6, 6.07) is 14.7. The number of fused-ring (bicyclic) bond motifs is 2. The van der Waals surface area contributed by atoms with Gasteiger partial charge in [0, 0.05) is 77.9 Å². The Hall–Kier alpha value is -4.09. The van der Waals surface area contributed by atoms with E-state index >= 15 is 0 Å². The highest BCUT2D eigenvalue weighted by Crippen LogP contribution is 2.43. The van der Waals surface area contributed by atoms with Crippen LogP contribution in [-0.4, -0.2) is 80.7 Å². The summed E-state index contributed by atoms with van der Waals surface area (Å²) in [6.07, 6.45) is 1.44. The topological polar surface area (TPSA) is 186 Å². The molecule has 2 aliphatic rings. The Morgan fingerprint density at radius 3 is 2.21 bits per heavy atom. The molecule has 0 bridgehead atoms. The molecule has 0 unspecified atom stereocenters. The normalized spacial score (nSPS) is 12.2. The summed E-state index contributed by atoms with van der Waals surface area (Å²) in [5.41, 5.74) is 2.41. The van der Waals surface area contributed by atoms with Crippen LogP contribution in [0.4, 0.5) is 5.69 Å². The Morgan fingerprint density at radius 1 is 0.868 bits per heavy atom. The van der Waals surface area contributed by atoms with Gasteiger partial charge in [0.1, 0.15) is 34.6 Å². The summed E-state index contributed by atoms with van der Waals surface area (Å²) in [7, 11) is -12.8. The largest absolute Gasteiger partial charge is 0.744 e. The van der Waals surface area contributed by atoms with E-state index in [9.17, 15) is 34.6 Å². The molecule has 1 aliphatic carbocycles. The number of nitrogens with one attached hydrogen (secondary N) is 2. The van der Waals surface area contributed by atoms with Gasteiger partial charge in [0.15, 0.2) is 9.84 Å². The van der Waals surface area contributed by atoms with Crippen molar-refractivity contribution in [1.82, 2.24) is 14.6 Å². The van der Waals surface area contributed by atoms with Gasteiger partial charge in [-0.2, -0.15) is 0 Å². The highest BCUT2D eigenvalue weighted by Gasteiger charge is 2.25. The van der Waals surface area contributed by atoms with Gasteiger partial charge in [-0.25, -0.2) is 34.6 Å². The number of unbranched alkanes of at least 4 members (excludes halogenated alkanes) is 2. The van der Waals surface area contributed by atoms with Crippen LogP contribution < -0.4 is 24.9 Å². The zero-order valence-electron chi connectivity index (χ0n) is 30.6. The Morgan fingerprint density at radius 2 is 1.57 bits per heavy atom. The minimum Gasteiger partial charge on any atom is -0.744 e. The minimum atomic E-state index is -5.18. The number of hydrogen-bond donors (Lipinski definition) is 2. The molecular formula is C37H48N4O9S3. The van der Waals surface area contributed by atoms with Crippen molar-refractivity contribution < 1.29 is 39.0 Å². The number of benzene rings is 3. The molecule has 1 aliphatic heterocycles. The van der Waals surface area contributed by atoms with Crippen LogP contribution in [-0.2, 0) is 34.8 Å². The monoisotopic (exact) mass is 788 g/mol. The van der Waals surface area contributed by atoms with Crippen molar-refractivity contribution in [1.29, 1.82) is 0 Å². The van der Waals surface area contributed by atoms with Crippen LogP contribution in [0.25, 0.3) is 33.4 Å². The Bertz CT molecular complexity index is 2330. The fraction of sp³-hybridized carbons (Fsp3) is 0.405. The van der Waals surface area contributed by atoms with Gasteiger partial charge in [0.2, 0.25) is 21.3 Å². The summed E-state index contributed by atoms with van der Waals surface area (Å²) >= 11 is 0. The lowest BCUT2D eigenvalue weighted by molar-refractivity contribution is -0.121. The Labute approximate surface area is 312 Å². The van der Waals surface area contributed by atoms with Crippen LogP contribution >= 0.6 is 0 Å². The highest BCUT2D eigenvalue weighted by molar-refractivity contribution is 7.94. The van der Waals surface area contributed by atoms with Crippen LogP contribution in [0.1, 0.15) is 53.4 Å². The number of sulfonamides is 1. The summed E-state index contributed by atoms with van der Waals surface area (Å²) in [6.45, 7) is 14.3. The second-order valence-corrected chi connectivity index (χ2v) is 17.6. The van der Waals surface area contributed by atoms with Crippen LogP contribution in [0.5, 0.6) is 0 Å². The summed E-state index contributed by atoms with van der Waals surface area (Å²) < 4.78 is 99.2. The maximum atomic E-state index is 13.3. The molecule has 0 aromatic heterocycles. The molecule has 0 atom stereocenters. The van der Waals surface area contributed by atoms with Crippen molar-refractivity contribution in [2.45, 2.75) is 63.2 Å². The van der Waals surface area contributed by atoms with E-state index in [1.807, 2.05) is 64.1 Å². The zero-order chi connectivity index (χ0) is 39.0. The number of rotatable bonds is 19. The predicted molar refractivity (Wildman–Crippen MR) is 207 cm³/mol.